The Morgan fingerprint density at radius 1 is 1.44 bits per heavy atom. The fourth-order valence-electron chi connectivity index (χ4n) is 2.25. The molecule has 0 aromatic carbocycles. The van der Waals surface area contributed by atoms with Crippen LogP contribution in [0.15, 0.2) is 6.33 Å². The van der Waals surface area contributed by atoms with Crippen molar-refractivity contribution < 1.29 is 4.74 Å². The molecule has 1 heterocycles. The number of ether oxygens (including phenoxy) is 1. The molecular formula is C13H20ClN3O. The molecule has 1 aromatic rings. The van der Waals surface area contributed by atoms with Crippen LogP contribution in [0.1, 0.15) is 45.1 Å². The third-order valence-electron chi connectivity index (χ3n) is 3.25. The number of nitrogens with one attached hydrogen (secondary N) is 1. The smallest absolute Gasteiger partial charge is 0.138 e. The molecule has 1 saturated carbocycles. The summed E-state index contributed by atoms with van der Waals surface area (Å²) in [6.45, 7) is 7.01. The fraction of sp³-hybridized carbons (Fsp3) is 0.692. The fourth-order valence-corrected chi connectivity index (χ4v) is 2.60. The van der Waals surface area contributed by atoms with Gasteiger partial charge in [-0.3, -0.25) is 0 Å². The number of anilines is 1. The summed E-state index contributed by atoms with van der Waals surface area (Å²) in [6.07, 6.45) is 3.97. The molecule has 0 saturated heterocycles. The molecular weight excluding hydrogens is 250 g/mol. The van der Waals surface area contributed by atoms with Crippen LogP contribution >= 0.6 is 11.6 Å². The molecule has 0 amide bonds. The molecule has 0 bridgehead atoms. The molecule has 2 rings (SSSR count). The Hall–Kier alpha value is -0.870. The number of hydrogen-bond donors (Lipinski definition) is 1. The minimum Gasteiger partial charge on any atom is -0.378 e. The summed E-state index contributed by atoms with van der Waals surface area (Å²) in [5.74, 6) is 1.17. The van der Waals surface area contributed by atoms with Crippen molar-refractivity contribution in [1.29, 1.82) is 0 Å². The molecule has 1 aliphatic rings. The van der Waals surface area contributed by atoms with E-state index in [4.69, 9.17) is 16.3 Å². The molecule has 0 radical (unpaired) electrons. The zero-order chi connectivity index (χ0) is 13.1. The maximum absolute atomic E-state index is 6.13. The third kappa shape index (κ3) is 2.93. The predicted octanol–water partition coefficient (Wildman–Crippen LogP) is 3.23. The van der Waals surface area contributed by atoms with Crippen molar-refractivity contribution in [2.75, 3.05) is 11.9 Å². The number of hydrogen-bond acceptors (Lipinski definition) is 4. The first-order valence-electron chi connectivity index (χ1n) is 6.50. The SMILES string of the molecule is CCOC1CC(Nc2ncnc(Cl)c2C(C)C)C1. The van der Waals surface area contributed by atoms with Gasteiger partial charge in [0.15, 0.2) is 0 Å². The third-order valence-corrected chi connectivity index (χ3v) is 3.55. The highest BCUT2D eigenvalue weighted by Crippen LogP contribution is 2.32. The lowest BCUT2D eigenvalue weighted by Gasteiger charge is -2.36. The predicted molar refractivity (Wildman–Crippen MR) is 73.2 cm³/mol. The van der Waals surface area contributed by atoms with Gasteiger partial charge in [-0.1, -0.05) is 25.4 Å². The van der Waals surface area contributed by atoms with Crippen LogP contribution in [0.2, 0.25) is 5.15 Å². The molecule has 1 N–H and O–H groups in total. The van der Waals surface area contributed by atoms with Gasteiger partial charge in [-0.25, -0.2) is 9.97 Å². The van der Waals surface area contributed by atoms with E-state index in [1.54, 1.807) is 0 Å². The van der Waals surface area contributed by atoms with Gasteiger partial charge in [0.1, 0.15) is 17.3 Å². The van der Waals surface area contributed by atoms with E-state index in [2.05, 4.69) is 29.1 Å². The van der Waals surface area contributed by atoms with Crippen LogP contribution in [0.25, 0.3) is 0 Å². The van der Waals surface area contributed by atoms with Crippen molar-refractivity contribution in [1.82, 2.24) is 9.97 Å². The maximum Gasteiger partial charge on any atom is 0.138 e. The van der Waals surface area contributed by atoms with Gasteiger partial charge in [-0.15, -0.1) is 0 Å². The quantitative estimate of drug-likeness (QED) is 0.834. The zero-order valence-electron chi connectivity index (χ0n) is 11.1. The van der Waals surface area contributed by atoms with Crippen LogP contribution in [0.4, 0.5) is 5.82 Å². The van der Waals surface area contributed by atoms with Crippen molar-refractivity contribution in [2.45, 2.75) is 51.7 Å². The summed E-state index contributed by atoms with van der Waals surface area (Å²) in [4.78, 5) is 8.35. The summed E-state index contributed by atoms with van der Waals surface area (Å²) in [7, 11) is 0. The Kier molecular flexibility index (Phi) is 4.40. The first-order chi connectivity index (χ1) is 8.61. The molecule has 100 valence electrons. The van der Waals surface area contributed by atoms with Gasteiger partial charge in [-0.05, 0) is 25.7 Å². The molecule has 1 aliphatic carbocycles. The van der Waals surface area contributed by atoms with Gasteiger partial charge >= 0.3 is 0 Å². The normalized spacial score (nSPS) is 22.9. The van der Waals surface area contributed by atoms with Gasteiger partial charge in [0.25, 0.3) is 0 Å². The highest BCUT2D eigenvalue weighted by Gasteiger charge is 2.30. The Bertz CT molecular complexity index is 405. The standard InChI is InChI=1S/C13H20ClN3O/c1-4-18-10-5-9(6-10)17-13-11(8(2)3)12(14)15-7-16-13/h7-10H,4-6H2,1-3H3,(H,15,16,17). The van der Waals surface area contributed by atoms with Crippen LogP contribution in [-0.4, -0.2) is 28.7 Å². The van der Waals surface area contributed by atoms with Gasteiger partial charge < -0.3 is 10.1 Å². The molecule has 0 aliphatic heterocycles. The van der Waals surface area contributed by atoms with Crippen molar-refractivity contribution in [3.63, 3.8) is 0 Å². The molecule has 4 nitrogen and oxygen atoms in total. The maximum atomic E-state index is 6.13. The second-order valence-corrected chi connectivity index (χ2v) is 5.33. The Balaban J connectivity index is 2.00. The second kappa shape index (κ2) is 5.85. The average molecular weight is 270 g/mol. The van der Waals surface area contributed by atoms with Gasteiger partial charge in [-0.2, -0.15) is 0 Å². The minimum atomic E-state index is 0.309. The van der Waals surface area contributed by atoms with E-state index in [1.807, 2.05) is 6.92 Å². The van der Waals surface area contributed by atoms with Gasteiger partial charge in [0.2, 0.25) is 0 Å². The first kappa shape index (κ1) is 13.6. The Morgan fingerprint density at radius 3 is 2.78 bits per heavy atom. The second-order valence-electron chi connectivity index (χ2n) is 4.97. The Labute approximate surface area is 113 Å². The van der Waals surface area contributed by atoms with Gasteiger partial charge in [0, 0.05) is 18.2 Å². The van der Waals surface area contributed by atoms with Crippen LogP contribution in [-0.2, 0) is 4.74 Å². The van der Waals surface area contributed by atoms with E-state index < -0.39 is 0 Å². The van der Waals surface area contributed by atoms with Crippen LogP contribution < -0.4 is 5.32 Å². The van der Waals surface area contributed by atoms with E-state index in [-0.39, 0.29) is 0 Å². The number of nitrogens with zero attached hydrogens (tertiary/aromatic N) is 2. The molecule has 0 spiro atoms. The highest BCUT2D eigenvalue weighted by atomic mass is 35.5. The lowest BCUT2D eigenvalue weighted by Crippen LogP contribution is -2.41. The minimum absolute atomic E-state index is 0.309. The largest absolute Gasteiger partial charge is 0.378 e. The summed E-state index contributed by atoms with van der Waals surface area (Å²) in [5.41, 5.74) is 0.999. The lowest BCUT2D eigenvalue weighted by molar-refractivity contribution is 0.00290. The van der Waals surface area contributed by atoms with Crippen molar-refractivity contribution in [3.8, 4) is 0 Å². The van der Waals surface area contributed by atoms with Gasteiger partial charge in [0.05, 0.1) is 6.10 Å². The number of rotatable bonds is 5. The van der Waals surface area contributed by atoms with Crippen LogP contribution in [0.5, 0.6) is 0 Å². The molecule has 1 aromatic heterocycles. The summed E-state index contributed by atoms with van der Waals surface area (Å²) < 4.78 is 5.55. The van der Waals surface area contributed by atoms with E-state index in [1.165, 1.54) is 6.33 Å². The topological polar surface area (TPSA) is 47.0 Å². The van der Waals surface area contributed by atoms with Crippen molar-refractivity contribution in [2.24, 2.45) is 0 Å². The van der Waals surface area contributed by atoms with E-state index in [0.29, 0.717) is 23.2 Å². The molecule has 0 atom stereocenters. The summed E-state index contributed by atoms with van der Waals surface area (Å²) in [6, 6.07) is 0.435. The van der Waals surface area contributed by atoms with Crippen molar-refractivity contribution >= 4 is 17.4 Å². The van der Waals surface area contributed by atoms with Crippen LogP contribution in [0, 0.1) is 0 Å². The van der Waals surface area contributed by atoms with Crippen molar-refractivity contribution in [3.05, 3.63) is 17.0 Å². The highest BCUT2D eigenvalue weighted by molar-refractivity contribution is 6.30. The average Bonchev–Trinajstić information content (AvgIpc) is 2.25. The zero-order valence-corrected chi connectivity index (χ0v) is 11.9. The first-order valence-corrected chi connectivity index (χ1v) is 6.88. The van der Waals surface area contributed by atoms with Crippen LogP contribution in [0.3, 0.4) is 0 Å². The Morgan fingerprint density at radius 2 is 2.17 bits per heavy atom. The lowest BCUT2D eigenvalue weighted by atomic mass is 9.89. The monoisotopic (exact) mass is 269 g/mol. The molecule has 5 heteroatoms. The van der Waals surface area contributed by atoms with E-state index in [9.17, 15) is 0 Å². The number of halogens is 1. The summed E-state index contributed by atoms with van der Waals surface area (Å²) >= 11 is 6.13. The number of aromatic nitrogens is 2. The van der Waals surface area contributed by atoms with E-state index in [0.717, 1.165) is 30.8 Å². The molecule has 1 fully saturated rings. The summed E-state index contributed by atoms with van der Waals surface area (Å²) in [5, 5.41) is 3.99. The molecule has 18 heavy (non-hydrogen) atoms. The molecule has 0 unspecified atom stereocenters. The van der Waals surface area contributed by atoms with E-state index >= 15 is 0 Å².